The first-order chi connectivity index (χ1) is 9.47. The molecule has 106 valence electrons. The zero-order chi connectivity index (χ0) is 14.7. The van der Waals surface area contributed by atoms with Gasteiger partial charge in [-0.25, -0.2) is 9.07 Å². The lowest BCUT2D eigenvalue weighted by molar-refractivity contribution is -0.138. The van der Waals surface area contributed by atoms with E-state index in [1.165, 1.54) is 10.7 Å². The maximum atomic E-state index is 13.6. The minimum absolute atomic E-state index is 0.0293. The van der Waals surface area contributed by atoms with Crippen LogP contribution in [0.15, 0.2) is 18.2 Å². The lowest BCUT2D eigenvalue weighted by atomic mass is 10.1. The number of benzene rings is 1. The number of aryl methyl sites for hydroxylation is 1. The molecule has 0 aliphatic heterocycles. The summed E-state index contributed by atoms with van der Waals surface area (Å²) in [6.07, 6.45) is 0.0293. The quantitative estimate of drug-likeness (QED) is 0.903. The standard InChI is InChI=1S/C13H15FN4O2/c1-8(5-12(19)20)7-18-13(15-16-17-18)10-4-3-9(2)11(14)6-10/h3-4,6,8H,5,7H2,1-2H3,(H,19,20). The molecule has 0 fully saturated rings. The summed E-state index contributed by atoms with van der Waals surface area (Å²) >= 11 is 0. The number of aromatic nitrogens is 4. The van der Waals surface area contributed by atoms with Crippen molar-refractivity contribution < 1.29 is 14.3 Å². The first-order valence-electron chi connectivity index (χ1n) is 6.22. The Bertz CT molecular complexity index is 627. The van der Waals surface area contributed by atoms with E-state index >= 15 is 0 Å². The van der Waals surface area contributed by atoms with Gasteiger partial charge < -0.3 is 5.11 Å². The zero-order valence-electron chi connectivity index (χ0n) is 11.2. The minimum Gasteiger partial charge on any atom is -0.481 e. The van der Waals surface area contributed by atoms with Crippen molar-refractivity contribution in [2.45, 2.75) is 26.8 Å². The van der Waals surface area contributed by atoms with Crippen LogP contribution in [0.3, 0.4) is 0 Å². The van der Waals surface area contributed by atoms with Crippen LogP contribution in [0.25, 0.3) is 11.4 Å². The number of nitrogens with zero attached hydrogens (tertiary/aromatic N) is 4. The van der Waals surface area contributed by atoms with E-state index in [9.17, 15) is 9.18 Å². The molecule has 2 rings (SSSR count). The van der Waals surface area contributed by atoms with Crippen LogP contribution in [0.1, 0.15) is 18.9 Å². The zero-order valence-corrected chi connectivity index (χ0v) is 11.2. The molecule has 0 aliphatic rings. The van der Waals surface area contributed by atoms with E-state index in [0.717, 1.165) is 0 Å². The Kier molecular flexibility index (Phi) is 4.07. The van der Waals surface area contributed by atoms with Gasteiger partial charge in [0.1, 0.15) is 5.82 Å². The first kappa shape index (κ1) is 14.1. The maximum Gasteiger partial charge on any atom is 0.303 e. The highest BCUT2D eigenvalue weighted by Gasteiger charge is 2.15. The van der Waals surface area contributed by atoms with Gasteiger partial charge in [0.2, 0.25) is 0 Å². The Morgan fingerprint density at radius 3 is 2.90 bits per heavy atom. The van der Waals surface area contributed by atoms with Gasteiger partial charge in [-0.3, -0.25) is 4.79 Å². The third-order valence-corrected chi connectivity index (χ3v) is 2.97. The lowest BCUT2D eigenvalue weighted by Gasteiger charge is -2.10. The summed E-state index contributed by atoms with van der Waals surface area (Å²) in [5.74, 6) is -0.879. The number of tetrazole rings is 1. The molecule has 1 unspecified atom stereocenters. The van der Waals surface area contributed by atoms with E-state index in [-0.39, 0.29) is 18.2 Å². The summed E-state index contributed by atoms with van der Waals surface area (Å²) in [7, 11) is 0. The summed E-state index contributed by atoms with van der Waals surface area (Å²) in [6, 6.07) is 4.77. The Morgan fingerprint density at radius 2 is 2.25 bits per heavy atom. The SMILES string of the molecule is Cc1ccc(-c2nnnn2CC(C)CC(=O)O)cc1F. The topological polar surface area (TPSA) is 80.9 Å². The molecular weight excluding hydrogens is 263 g/mol. The van der Waals surface area contributed by atoms with Crippen molar-refractivity contribution in [1.82, 2.24) is 20.2 Å². The third-order valence-electron chi connectivity index (χ3n) is 2.97. The van der Waals surface area contributed by atoms with E-state index in [2.05, 4.69) is 15.5 Å². The van der Waals surface area contributed by atoms with Crippen molar-refractivity contribution in [2.24, 2.45) is 5.92 Å². The number of carboxylic acids is 1. The maximum absolute atomic E-state index is 13.6. The molecule has 20 heavy (non-hydrogen) atoms. The number of hydrogen-bond donors (Lipinski definition) is 1. The van der Waals surface area contributed by atoms with Gasteiger partial charge in [-0.1, -0.05) is 19.1 Å². The predicted octanol–water partition coefficient (Wildman–Crippen LogP) is 1.90. The highest BCUT2D eigenvalue weighted by atomic mass is 19.1. The Morgan fingerprint density at radius 1 is 1.50 bits per heavy atom. The molecule has 1 heterocycles. The number of carbonyl (C=O) groups is 1. The number of aliphatic carboxylic acids is 1. The fourth-order valence-electron chi connectivity index (χ4n) is 1.92. The van der Waals surface area contributed by atoms with Gasteiger partial charge in [-0.2, -0.15) is 0 Å². The van der Waals surface area contributed by atoms with E-state index in [1.807, 2.05) is 0 Å². The largest absolute Gasteiger partial charge is 0.481 e. The number of halogens is 1. The van der Waals surface area contributed by atoms with Crippen molar-refractivity contribution in [3.05, 3.63) is 29.6 Å². The summed E-state index contributed by atoms with van der Waals surface area (Å²) in [6.45, 7) is 3.84. The van der Waals surface area contributed by atoms with Gasteiger partial charge in [0.15, 0.2) is 5.82 Å². The van der Waals surface area contributed by atoms with E-state index in [1.54, 1.807) is 26.0 Å². The number of carboxylic acid groups (broad SMARTS) is 1. The molecule has 0 saturated heterocycles. The van der Waals surface area contributed by atoms with Crippen LogP contribution in [0.2, 0.25) is 0 Å². The highest BCUT2D eigenvalue weighted by molar-refractivity contribution is 5.66. The van der Waals surface area contributed by atoms with Crippen LogP contribution in [-0.4, -0.2) is 31.3 Å². The summed E-state index contributed by atoms with van der Waals surface area (Å²) in [5, 5.41) is 20.0. The monoisotopic (exact) mass is 278 g/mol. The molecule has 0 saturated carbocycles. The Labute approximate surface area is 115 Å². The molecular formula is C13H15FN4O2. The summed E-state index contributed by atoms with van der Waals surface area (Å²) in [5.41, 5.74) is 1.12. The molecule has 2 aromatic rings. The molecule has 1 aromatic carbocycles. The molecule has 0 aliphatic carbocycles. The Hall–Kier alpha value is -2.31. The van der Waals surface area contributed by atoms with Crippen molar-refractivity contribution in [3.63, 3.8) is 0 Å². The van der Waals surface area contributed by atoms with Gasteiger partial charge in [0, 0.05) is 18.5 Å². The van der Waals surface area contributed by atoms with E-state index < -0.39 is 5.97 Å². The van der Waals surface area contributed by atoms with Crippen LogP contribution in [0.4, 0.5) is 4.39 Å². The molecule has 1 aromatic heterocycles. The second-order valence-electron chi connectivity index (χ2n) is 4.85. The smallest absolute Gasteiger partial charge is 0.303 e. The average Bonchev–Trinajstić information content (AvgIpc) is 2.79. The first-order valence-corrected chi connectivity index (χ1v) is 6.22. The van der Waals surface area contributed by atoms with Crippen molar-refractivity contribution in [3.8, 4) is 11.4 Å². The average molecular weight is 278 g/mol. The van der Waals surface area contributed by atoms with Crippen LogP contribution in [0, 0.1) is 18.7 Å². The number of rotatable bonds is 5. The predicted molar refractivity (Wildman–Crippen MR) is 69.4 cm³/mol. The van der Waals surface area contributed by atoms with Crippen molar-refractivity contribution >= 4 is 5.97 Å². The van der Waals surface area contributed by atoms with Crippen LogP contribution < -0.4 is 0 Å². The summed E-state index contributed by atoms with van der Waals surface area (Å²) < 4.78 is 15.1. The van der Waals surface area contributed by atoms with Gasteiger partial charge in [-0.05, 0) is 34.9 Å². The molecule has 0 radical (unpaired) electrons. The highest BCUT2D eigenvalue weighted by Crippen LogP contribution is 2.20. The second-order valence-corrected chi connectivity index (χ2v) is 4.85. The van der Waals surface area contributed by atoms with Gasteiger partial charge in [0.05, 0.1) is 0 Å². The van der Waals surface area contributed by atoms with Crippen LogP contribution in [0.5, 0.6) is 0 Å². The van der Waals surface area contributed by atoms with Crippen molar-refractivity contribution in [1.29, 1.82) is 0 Å². The van der Waals surface area contributed by atoms with Crippen molar-refractivity contribution in [2.75, 3.05) is 0 Å². The molecule has 7 heteroatoms. The molecule has 0 amide bonds. The fourth-order valence-corrected chi connectivity index (χ4v) is 1.92. The third kappa shape index (κ3) is 3.17. The van der Waals surface area contributed by atoms with E-state index in [0.29, 0.717) is 23.5 Å². The Balaban J connectivity index is 2.23. The van der Waals surface area contributed by atoms with Crippen LogP contribution >= 0.6 is 0 Å². The van der Waals surface area contributed by atoms with Crippen LogP contribution in [-0.2, 0) is 11.3 Å². The molecule has 6 nitrogen and oxygen atoms in total. The summed E-state index contributed by atoms with van der Waals surface area (Å²) in [4.78, 5) is 10.7. The van der Waals surface area contributed by atoms with Gasteiger partial charge >= 0.3 is 5.97 Å². The van der Waals surface area contributed by atoms with Gasteiger partial charge in [-0.15, -0.1) is 5.10 Å². The minimum atomic E-state index is -0.867. The van der Waals surface area contributed by atoms with E-state index in [4.69, 9.17) is 5.11 Å². The lowest BCUT2D eigenvalue weighted by Crippen LogP contribution is -2.14. The second kappa shape index (κ2) is 5.77. The molecule has 0 spiro atoms. The molecule has 0 bridgehead atoms. The number of hydrogen-bond acceptors (Lipinski definition) is 4. The normalized spacial score (nSPS) is 12.3. The fraction of sp³-hybridized carbons (Fsp3) is 0.385. The van der Waals surface area contributed by atoms with Gasteiger partial charge in [0.25, 0.3) is 0 Å². The molecule has 1 N–H and O–H groups in total. The molecule has 1 atom stereocenters.